The highest BCUT2D eigenvalue weighted by Crippen LogP contribution is 2.34. The molecule has 0 aromatic heterocycles. The average molecular weight is 280 g/mol. The van der Waals surface area contributed by atoms with Gasteiger partial charge in [0.05, 0.1) is 10.7 Å². The van der Waals surface area contributed by atoms with Crippen molar-refractivity contribution in [1.82, 2.24) is 5.32 Å². The van der Waals surface area contributed by atoms with Crippen LogP contribution < -0.4 is 15.8 Å². The highest BCUT2D eigenvalue weighted by atomic mass is 79.9. The predicted octanol–water partition coefficient (Wildman–Crippen LogP) is 2.40. The third-order valence-electron chi connectivity index (χ3n) is 1.44. The maximum atomic E-state index is 10.9. The van der Waals surface area contributed by atoms with Crippen molar-refractivity contribution in [3.8, 4) is 5.75 Å². The summed E-state index contributed by atoms with van der Waals surface area (Å²) in [6, 6.07) is 3.19. The van der Waals surface area contributed by atoms with Crippen LogP contribution in [-0.4, -0.2) is 13.1 Å². The molecular formula is C8H8BrClN2O2. The normalized spacial score (nSPS) is 9.64. The summed E-state index contributed by atoms with van der Waals surface area (Å²) < 4.78 is 5.58. The summed E-state index contributed by atoms with van der Waals surface area (Å²) in [7, 11) is 1.45. The Labute approximate surface area is 94.5 Å². The Kier molecular flexibility index (Phi) is 3.60. The van der Waals surface area contributed by atoms with E-state index in [1.807, 2.05) is 0 Å². The molecule has 76 valence electrons. The Bertz CT molecular complexity index is 347. The van der Waals surface area contributed by atoms with E-state index in [4.69, 9.17) is 22.1 Å². The van der Waals surface area contributed by atoms with Gasteiger partial charge in [-0.15, -0.1) is 0 Å². The molecule has 0 aliphatic carbocycles. The fraction of sp³-hybridized carbons (Fsp3) is 0.125. The zero-order valence-corrected chi connectivity index (χ0v) is 9.65. The summed E-state index contributed by atoms with van der Waals surface area (Å²) in [5.41, 5.74) is 5.90. The number of nitrogens with one attached hydrogen (secondary N) is 1. The second-order valence-electron chi connectivity index (χ2n) is 2.45. The van der Waals surface area contributed by atoms with Gasteiger partial charge in [-0.05, 0) is 12.1 Å². The number of benzene rings is 1. The van der Waals surface area contributed by atoms with Gasteiger partial charge in [0.15, 0.2) is 5.75 Å². The summed E-state index contributed by atoms with van der Waals surface area (Å²) in [4.78, 5) is 10.9. The van der Waals surface area contributed by atoms with E-state index in [1.165, 1.54) is 7.05 Å². The molecule has 1 amide bonds. The lowest BCUT2D eigenvalue weighted by Gasteiger charge is -2.08. The van der Waals surface area contributed by atoms with Crippen LogP contribution in [0.5, 0.6) is 5.75 Å². The van der Waals surface area contributed by atoms with E-state index >= 15 is 0 Å². The van der Waals surface area contributed by atoms with Crippen molar-refractivity contribution in [3.05, 3.63) is 21.6 Å². The Morgan fingerprint density at radius 3 is 2.79 bits per heavy atom. The van der Waals surface area contributed by atoms with E-state index in [-0.39, 0.29) is 10.8 Å². The fourth-order valence-corrected chi connectivity index (χ4v) is 1.70. The summed E-state index contributed by atoms with van der Waals surface area (Å²) in [5.74, 6) is 0.161. The second-order valence-corrected chi connectivity index (χ2v) is 3.77. The first-order valence-corrected chi connectivity index (χ1v) is 4.85. The van der Waals surface area contributed by atoms with Gasteiger partial charge in [0, 0.05) is 11.5 Å². The second kappa shape index (κ2) is 4.52. The lowest BCUT2D eigenvalue weighted by molar-refractivity contribution is 0.203. The molecule has 0 unspecified atom stereocenters. The number of halogens is 2. The predicted molar refractivity (Wildman–Crippen MR) is 58.6 cm³/mol. The van der Waals surface area contributed by atoms with Gasteiger partial charge in [0.2, 0.25) is 0 Å². The fourth-order valence-electron chi connectivity index (χ4n) is 0.832. The number of hydrogen-bond acceptors (Lipinski definition) is 3. The van der Waals surface area contributed by atoms with Gasteiger partial charge in [0.1, 0.15) is 0 Å². The highest BCUT2D eigenvalue weighted by Gasteiger charge is 2.11. The van der Waals surface area contributed by atoms with Crippen molar-refractivity contribution >= 4 is 39.3 Å². The minimum absolute atomic E-state index is 0.161. The molecule has 1 rings (SSSR count). The van der Waals surface area contributed by atoms with E-state index in [0.717, 1.165) is 4.47 Å². The molecule has 0 fully saturated rings. The number of nitrogens with two attached hydrogens (primary N) is 1. The van der Waals surface area contributed by atoms with E-state index in [9.17, 15) is 4.79 Å². The zero-order valence-electron chi connectivity index (χ0n) is 7.30. The molecule has 0 atom stereocenters. The first kappa shape index (κ1) is 11.1. The maximum Gasteiger partial charge on any atom is 0.412 e. The van der Waals surface area contributed by atoms with Crippen molar-refractivity contribution in [1.29, 1.82) is 0 Å². The Morgan fingerprint density at radius 1 is 1.64 bits per heavy atom. The van der Waals surface area contributed by atoms with Gasteiger partial charge in [-0.3, -0.25) is 0 Å². The molecular weight excluding hydrogens is 271 g/mol. The number of carbonyl (C=O) groups is 1. The van der Waals surface area contributed by atoms with E-state index in [0.29, 0.717) is 5.69 Å². The molecule has 3 N–H and O–H groups in total. The molecule has 0 saturated heterocycles. The zero-order chi connectivity index (χ0) is 10.7. The molecule has 6 heteroatoms. The van der Waals surface area contributed by atoms with Crippen LogP contribution in [0.25, 0.3) is 0 Å². The van der Waals surface area contributed by atoms with Crippen LogP contribution >= 0.6 is 27.5 Å². The first-order chi connectivity index (χ1) is 6.54. The lowest BCUT2D eigenvalue weighted by Crippen LogP contribution is -2.22. The van der Waals surface area contributed by atoms with E-state index in [1.54, 1.807) is 12.1 Å². The maximum absolute atomic E-state index is 10.9. The van der Waals surface area contributed by atoms with Crippen LogP contribution in [0.3, 0.4) is 0 Å². The number of hydrogen-bond donors (Lipinski definition) is 2. The van der Waals surface area contributed by atoms with Crippen molar-refractivity contribution in [2.24, 2.45) is 0 Å². The molecule has 0 aliphatic heterocycles. The van der Waals surface area contributed by atoms with Gasteiger partial charge in [0.25, 0.3) is 0 Å². The highest BCUT2D eigenvalue weighted by molar-refractivity contribution is 9.10. The number of ether oxygens (including phenoxy) is 1. The van der Waals surface area contributed by atoms with Crippen LogP contribution in [0.4, 0.5) is 10.5 Å². The standard InChI is InChI=1S/C8H8BrClN2O2/c1-12-8(13)14-7-5(10)2-4(9)3-6(7)11/h2-3H,11H2,1H3,(H,12,13). The number of carbonyl (C=O) groups excluding carboxylic acids is 1. The molecule has 0 heterocycles. The molecule has 0 radical (unpaired) electrons. The first-order valence-electron chi connectivity index (χ1n) is 3.68. The van der Waals surface area contributed by atoms with Gasteiger partial charge in [-0.25, -0.2) is 4.79 Å². The number of rotatable bonds is 1. The summed E-state index contributed by atoms with van der Waals surface area (Å²) in [5, 5.41) is 2.57. The minimum Gasteiger partial charge on any atom is -0.407 e. The molecule has 1 aromatic carbocycles. The molecule has 4 nitrogen and oxygen atoms in total. The summed E-state index contributed by atoms with van der Waals surface area (Å²) in [6.45, 7) is 0. The van der Waals surface area contributed by atoms with Crippen LogP contribution in [0.2, 0.25) is 5.02 Å². The van der Waals surface area contributed by atoms with Crippen molar-refractivity contribution in [3.63, 3.8) is 0 Å². The number of nitrogen functional groups attached to an aromatic ring is 1. The average Bonchev–Trinajstić information content (AvgIpc) is 2.10. The van der Waals surface area contributed by atoms with Crippen LogP contribution in [0.15, 0.2) is 16.6 Å². The molecule has 14 heavy (non-hydrogen) atoms. The Morgan fingerprint density at radius 2 is 2.29 bits per heavy atom. The molecule has 1 aromatic rings. The van der Waals surface area contributed by atoms with Crippen LogP contribution in [0, 0.1) is 0 Å². The minimum atomic E-state index is -0.610. The van der Waals surface area contributed by atoms with Gasteiger partial charge in [-0.1, -0.05) is 27.5 Å². The topological polar surface area (TPSA) is 64.3 Å². The molecule has 0 saturated carbocycles. The number of anilines is 1. The summed E-state index contributed by atoms with van der Waals surface area (Å²) >= 11 is 9.03. The lowest BCUT2D eigenvalue weighted by atomic mass is 10.3. The van der Waals surface area contributed by atoms with Crippen molar-refractivity contribution in [2.45, 2.75) is 0 Å². The Hall–Kier alpha value is -0.940. The summed E-state index contributed by atoms with van der Waals surface area (Å²) in [6.07, 6.45) is -0.610. The molecule has 0 spiro atoms. The third kappa shape index (κ3) is 2.52. The van der Waals surface area contributed by atoms with Crippen molar-refractivity contribution < 1.29 is 9.53 Å². The third-order valence-corrected chi connectivity index (χ3v) is 2.17. The van der Waals surface area contributed by atoms with E-state index in [2.05, 4.69) is 21.2 Å². The van der Waals surface area contributed by atoms with Gasteiger partial charge in [-0.2, -0.15) is 0 Å². The van der Waals surface area contributed by atoms with E-state index < -0.39 is 6.09 Å². The SMILES string of the molecule is CNC(=O)Oc1c(N)cc(Br)cc1Cl. The smallest absolute Gasteiger partial charge is 0.407 e. The largest absolute Gasteiger partial charge is 0.412 e. The van der Waals surface area contributed by atoms with Crippen LogP contribution in [-0.2, 0) is 0 Å². The number of amides is 1. The molecule has 0 aliphatic rings. The van der Waals surface area contributed by atoms with Gasteiger partial charge < -0.3 is 15.8 Å². The Balaban J connectivity index is 3.02. The van der Waals surface area contributed by atoms with Crippen LogP contribution in [0.1, 0.15) is 0 Å². The van der Waals surface area contributed by atoms with Gasteiger partial charge >= 0.3 is 6.09 Å². The van der Waals surface area contributed by atoms with Crippen molar-refractivity contribution in [2.75, 3.05) is 12.8 Å². The quantitative estimate of drug-likeness (QED) is 0.776. The molecule has 0 bridgehead atoms. The monoisotopic (exact) mass is 278 g/mol.